The molecule has 1 amide bonds. The van der Waals surface area contributed by atoms with Gasteiger partial charge in [0.1, 0.15) is 5.82 Å². The van der Waals surface area contributed by atoms with Crippen LogP contribution in [0.4, 0.5) is 10.3 Å². The number of nitrogens with zero attached hydrogens (tertiary/aromatic N) is 5. The van der Waals surface area contributed by atoms with Crippen molar-refractivity contribution < 1.29 is 13.9 Å². The summed E-state index contributed by atoms with van der Waals surface area (Å²) < 4.78 is 18.0. The fourth-order valence-electron chi connectivity index (χ4n) is 1.55. The number of carbonyl (C=O) groups excluding carboxylic acids is 1. The van der Waals surface area contributed by atoms with E-state index < -0.39 is 11.7 Å². The molecule has 0 bridgehead atoms. The number of rotatable bonds is 5. The van der Waals surface area contributed by atoms with E-state index in [9.17, 15) is 9.18 Å². The zero-order chi connectivity index (χ0) is 16.1. The first-order valence-corrected chi connectivity index (χ1v) is 6.34. The molecule has 22 heavy (non-hydrogen) atoms. The lowest BCUT2D eigenvalue weighted by molar-refractivity contribution is 0.0949. The number of ether oxygens (including phenoxy) is 1. The number of aromatic nitrogens is 4. The number of halogens is 1. The number of methoxy groups -OCH3 is 1. The van der Waals surface area contributed by atoms with Crippen molar-refractivity contribution in [3.05, 3.63) is 35.7 Å². The van der Waals surface area contributed by atoms with Crippen LogP contribution in [0.3, 0.4) is 0 Å². The van der Waals surface area contributed by atoms with Crippen LogP contribution in [0.2, 0.25) is 0 Å². The minimum Gasteiger partial charge on any atom is -0.467 e. The highest BCUT2D eigenvalue weighted by atomic mass is 19.1. The standard InChI is InChI=1S/C13H15FN6O2/c1-20(2)12-17-10(18-13(19-12)22-3)7-16-11(21)8-4-9(14)6-15-5-8/h4-6H,7H2,1-3H3,(H,16,21). The van der Waals surface area contributed by atoms with Crippen LogP contribution in [0.5, 0.6) is 6.01 Å². The van der Waals surface area contributed by atoms with Crippen LogP contribution in [0.1, 0.15) is 16.2 Å². The monoisotopic (exact) mass is 306 g/mol. The summed E-state index contributed by atoms with van der Waals surface area (Å²) in [5.41, 5.74) is 0.119. The Morgan fingerprint density at radius 3 is 2.73 bits per heavy atom. The highest BCUT2D eigenvalue weighted by Gasteiger charge is 2.11. The summed E-state index contributed by atoms with van der Waals surface area (Å²) in [7, 11) is 4.99. The molecule has 0 aliphatic carbocycles. The van der Waals surface area contributed by atoms with E-state index in [-0.39, 0.29) is 18.1 Å². The fourth-order valence-corrected chi connectivity index (χ4v) is 1.55. The maximum atomic E-state index is 13.0. The summed E-state index contributed by atoms with van der Waals surface area (Å²) in [5, 5.41) is 2.59. The SMILES string of the molecule is COc1nc(CNC(=O)c2cncc(F)c2)nc(N(C)C)n1. The molecular formula is C13H15FN6O2. The predicted octanol–water partition coefficient (Wildman–Crippen LogP) is 0.410. The first-order valence-electron chi connectivity index (χ1n) is 6.34. The normalized spacial score (nSPS) is 10.2. The molecule has 1 N–H and O–H groups in total. The first-order chi connectivity index (χ1) is 10.5. The quantitative estimate of drug-likeness (QED) is 0.855. The zero-order valence-electron chi connectivity index (χ0n) is 12.4. The largest absolute Gasteiger partial charge is 0.467 e. The van der Waals surface area contributed by atoms with Gasteiger partial charge >= 0.3 is 6.01 Å². The second kappa shape index (κ2) is 6.74. The predicted molar refractivity (Wildman–Crippen MR) is 76.1 cm³/mol. The third kappa shape index (κ3) is 3.84. The van der Waals surface area contributed by atoms with Crippen LogP contribution >= 0.6 is 0 Å². The van der Waals surface area contributed by atoms with Gasteiger partial charge in [-0.05, 0) is 6.07 Å². The molecule has 0 radical (unpaired) electrons. The third-order valence-corrected chi connectivity index (χ3v) is 2.61. The number of hydrogen-bond acceptors (Lipinski definition) is 7. The molecule has 0 unspecified atom stereocenters. The van der Waals surface area contributed by atoms with Crippen molar-refractivity contribution in [3.8, 4) is 6.01 Å². The molecule has 2 aromatic rings. The maximum Gasteiger partial charge on any atom is 0.321 e. The molecule has 0 spiro atoms. The van der Waals surface area contributed by atoms with Crippen LogP contribution in [-0.4, -0.2) is 47.0 Å². The molecule has 0 saturated heterocycles. The molecule has 0 aromatic carbocycles. The van der Waals surface area contributed by atoms with Crippen molar-refractivity contribution >= 4 is 11.9 Å². The summed E-state index contributed by atoms with van der Waals surface area (Å²) in [6.45, 7) is 0.0507. The minimum absolute atomic E-state index is 0.0507. The molecule has 116 valence electrons. The Labute approximate surface area is 126 Å². The minimum atomic E-state index is -0.579. The van der Waals surface area contributed by atoms with Gasteiger partial charge in [0.2, 0.25) is 5.95 Å². The van der Waals surface area contributed by atoms with Gasteiger partial charge in [0, 0.05) is 20.3 Å². The molecule has 0 fully saturated rings. The van der Waals surface area contributed by atoms with Crippen LogP contribution in [-0.2, 0) is 6.54 Å². The van der Waals surface area contributed by atoms with Gasteiger partial charge in [0.25, 0.3) is 5.91 Å². The Morgan fingerprint density at radius 1 is 1.32 bits per heavy atom. The van der Waals surface area contributed by atoms with Crippen molar-refractivity contribution in [2.24, 2.45) is 0 Å². The summed E-state index contributed by atoms with van der Waals surface area (Å²) >= 11 is 0. The number of pyridine rings is 1. The van der Waals surface area contributed by atoms with Crippen LogP contribution < -0.4 is 15.0 Å². The Kier molecular flexibility index (Phi) is 4.77. The van der Waals surface area contributed by atoms with E-state index in [1.165, 1.54) is 13.3 Å². The molecule has 0 saturated carbocycles. The van der Waals surface area contributed by atoms with E-state index >= 15 is 0 Å². The Hall–Kier alpha value is -2.84. The van der Waals surface area contributed by atoms with Crippen molar-refractivity contribution in [2.45, 2.75) is 6.54 Å². The Morgan fingerprint density at radius 2 is 2.09 bits per heavy atom. The number of amides is 1. The Bertz CT molecular complexity index is 679. The fraction of sp³-hybridized carbons (Fsp3) is 0.308. The number of hydrogen-bond donors (Lipinski definition) is 1. The van der Waals surface area contributed by atoms with Crippen LogP contribution in [0.25, 0.3) is 0 Å². The first kappa shape index (κ1) is 15.5. The molecular weight excluding hydrogens is 291 g/mol. The summed E-state index contributed by atoms with van der Waals surface area (Å²) in [4.78, 5) is 29.5. The second-order valence-electron chi connectivity index (χ2n) is 4.51. The third-order valence-electron chi connectivity index (χ3n) is 2.61. The summed E-state index contributed by atoms with van der Waals surface area (Å²) in [6.07, 6.45) is 2.30. The van der Waals surface area contributed by atoms with Crippen LogP contribution in [0, 0.1) is 5.82 Å². The number of anilines is 1. The molecule has 2 heterocycles. The molecule has 2 rings (SSSR count). The molecule has 2 aromatic heterocycles. The van der Waals surface area contributed by atoms with Gasteiger partial charge in [-0.1, -0.05) is 0 Å². The van der Waals surface area contributed by atoms with Crippen molar-refractivity contribution in [1.82, 2.24) is 25.3 Å². The average Bonchev–Trinajstić information content (AvgIpc) is 2.52. The van der Waals surface area contributed by atoms with E-state index in [1.807, 2.05) is 0 Å². The van der Waals surface area contributed by atoms with Gasteiger partial charge in [-0.25, -0.2) is 4.39 Å². The van der Waals surface area contributed by atoms with Gasteiger partial charge in [-0.2, -0.15) is 15.0 Å². The maximum absolute atomic E-state index is 13.0. The Balaban J connectivity index is 2.10. The van der Waals surface area contributed by atoms with Crippen LogP contribution in [0.15, 0.2) is 18.5 Å². The lowest BCUT2D eigenvalue weighted by Gasteiger charge is -2.12. The van der Waals surface area contributed by atoms with Gasteiger partial charge in [0.15, 0.2) is 5.82 Å². The molecule has 8 nitrogen and oxygen atoms in total. The molecule has 0 atom stereocenters. The van der Waals surface area contributed by atoms with E-state index in [0.717, 1.165) is 12.3 Å². The lowest BCUT2D eigenvalue weighted by atomic mass is 10.2. The van der Waals surface area contributed by atoms with E-state index in [0.29, 0.717) is 11.8 Å². The second-order valence-corrected chi connectivity index (χ2v) is 4.51. The summed E-state index contributed by atoms with van der Waals surface area (Å²) in [5.74, 6) is -0.320. The van der Waals surface area contributed by atoms with Gasteiger partial charge in [-0.3, -0.25) is 9.78 Å². The number of carbonyl (C=O) groups is 1. The van der Waals surface area contributed by atoms with Gasteiger partial charge in [0.05, 0.1) is 25.4 Å². The topological polar surface area (TPSA) is 93.1 Å². The average molecular weight is 306 g/mol. The number of nitrogens with one attached hydrogen (secondary N) is 1. The summed E-state index contributed by atoms with van der Waals surface area (Å²) in [6, 6.07) is 1.25. The van der Waals surface area contributed by atoms with Gasteiger partial charge < -0.3 is 15.0 Å². The zero-order valence-corrected chi connectivity index (χ0v) is 12.4. The van der Waals surface area contributed by atoms with Crippen molar-refractivity contribution in [3.63, 3.8) is 0 Å². The van der Waals surface area contributed by atoms with E-state index in [2.05, 4.69) is 25.3 Å². The lowest BCUT2D eigenvalue weighted by Crippen LogP contribution is -2.25. The van der Waals surface area contributed by atoms with E-state index in [4.69, 9.17) is 4.74 Å². The highest BCUT2D eigenvalue weighted by Crippen LogP contribution is 2.09. The molecule has 0 aliphatic heterocycles. The smallest absolute Gasteiger partial charge is 0.321 e. The molecule has 9 heteroatoms. The highest BCUT2D eigenvalue weighted by molar-refractivity contribution is 5.93. The van der Waals surface area contributed by atoms with Crippen molar-refractivity contribution in [2.75, 3.05) is 26.1 Å². The molecule has 0 aliphatic rings. The van der Waals surface area contributed by atoms with E-state index in [1.54, 1.807) is 19.0 Å². The van der Waals surface area contributed by atoms with Gasteiger partial charge in [-0.15, -0.1) is 0 Å². The van der Waals surface area contributed by atoms with Crippen molar-refractivity contribution in [1.29, 1.82) is 0 Å².